The van der Waals surface area contributed by atoms with Gasteiger partial charge in [0.1, 0.15) is 11.4 Å². The molecule has 1 N–H and O–H groups in total. The number of amides is 1. The second kappa shape index (κ2) is 11.0. The number of aromatic nitrogens is 2. The Kier molecular flexibility index (Phi) is 7.57. The quantitative estimate of drug-likeness (QED) is 0.284. The summed E-state index contributed by atoms with van der Waals surface area (Å²) in [4.78, 5) is 31.1. The van der Waals surface area contributed by atoms with Crippen LogP contribution in [-0.2, 0) is 17.8 Å². The van der Waals surface area contributed by atoms with E-state index in [1.54, 1.807) is 19.2 Å². The number of ether oxygens (including phenoxy) is 2. The highest BCUT2D eigenvalue weighted by Crippen LogP contribution is 2.28. The summed E-state index contributed by atoms with van der Waals surface area (Å²) in [5, 5.41) is 4.56. The summed E-state index contributed by atoms with van der Waals surface area (Å²) >= 11 is 1.47. The first kappa shape index (κ1) is 24.2. The van der Waals surface area contributed by atoms with Gasteiger partial charge in [0.25, 0.3) is 11.5 Å². The Morgan fingerprint density at radius 1 is 1.17 bits per heavy atom. The summed E-state index contributed by atoms with van der Waals surface area (Å²) in [6, 6.07) is 15.5. The van der Waals surface area contributed by atoms with Crippen LogP contribution in [0.2, 0.25) is 0 Å². The molecule has 1 amide bonds. The molecule has 8 nitrogen and oxygen atoms in total. The normalized spacial score (nSPS) is 11.2. The minimum absolute atomic E-state index is 0.176. The van der Waals surface area contributed by atoms with Crippen molar-refractivity contribution in [2.24, 2.45) is 5.10 Å². The Hall–Kier alpha value is -3.98. The molecule has 0 unspecified atom stereocenters. The molecule has 2 heterocycles. The first-order chi connectivity index (χ1) is 17.0. The van der Waals surface area contributed by atoms with Gasteiger partial charge in [-0.1, -0.05) is 30.3 Å². The van der Waals surface area contributed by atoms with E-state index in [0.717, 1.165) is 22.4 Å². The van der Waals surface area contributed by atoms with Crippen LogP contribution in [-0.4, -0.2) is 35.4 Å². The van der Waals surface area contributed by atoms with Crippen LogP contribution >= 0.6 is 11.3 Å². The predicted octanol–water partition coefficient (Wildman–Crippen LogP) is 3.86. The number of benzene rings is 2. The van der Waals surface area contributed by atoms with Gasteiger partial charge in [-0.3, -0.25) is 14.2 Å². The molecule has 0 bridgehead atoms. The zero-order valence-corrected chi connectivity index (χ0v) is 20.6. The zero-order chi connectivity index (χ0) is 24.8. The Morgan fingerprint density at radius 3 is 2.74 bits per heavy atom. The van der Waals surface area contributed by atoms with Crippen molar-refractivity contribution in [3.05, 3.63) is 86.8 Å². The monoisotopic (exact) mass is 490 g/mol. The second-order valence-corrected chi connectivity index (χ2v) is 9.13. The lowest BCUT2D eigenvalue weighted by Crippen LogP contribution is -2.30. The highest BCUT2D eigenvalue weighted by atomic mass is 32.1. The molecule has 0 atom stereocenters. The van der Waals surface area contributed by atoms with Gasteiger partial charge in [0, 0.05) is 11.3 Å². The lowest BCUT2D eigenvalue weighted by Gasteiger charge is -2.11. The highest BCUT2D eigenvalue weighted by molar-refractivity contribution is 7.18. The number of hydrogen-bond donors (Lipinski definition) is 1. The SMILES string of the molecule is COc1cc(C=NNC(=O)Cn2cnc3sc(C)c(C)c3c2=O)ccc1OCCc1ccccc1. The van der Waals surface area contributed by atoms with Gasteiger partial charge >= 0.3 is 0 Å². The number of hydrazone groups is 1. The van der Waals surface area contributed by atoms with Crippen molar-refractivity contribution < 1.29 is 14.3 Å². The highest BCUT2D eigenvalue weighted by Gasteiger charge is 2.13. The first-order valence-electron chi connectivity index (χ1n) is 11.1. The fraction of sp³-hybridized carbons (Fsp3) is 0.231. The first-order valence-corrected chi connectivity index (χ1v) is 11.9. The average Bonchev–Trinajstić information content (AvgIpc) is 3.16. The number of carbonyl (C=O) groups excluding carboxylic acids is 1. The molecule has 180 valence electrons. The second-order valence-electron chi connectivity index (χ2n) is 7.93. The van der Waals surface area contributed by atoms with E-state index in [2.05, 4.69) is 27.6 Å². The van der Waals surface area contributed by atoms with Gasteiger partial charge in [0.15, 0.2) is 11.5 Å². The van der Waals surface area contributed by atoms with Gasteiger partial charge in [-0.15, -0.1) is 11.3 Å². The number of hydrogen-bond acceptors (Lipinski definition) is 7. The van der Waals surface area contributed by atoms with E-state index < -0.39 is 5.91 Å². The maximum absolute atomic E-state index is 12.7. The lowest BCUT2D eigenvalue weighted by molar-refractivity contribution is -0.121. The van der Waals surface area contributed by atoms with Crippen molar-refractivity contribution in [2.45, 2.75) is 26.8 Å². The van der Waals surface area contributed by atoms with E-state index in [0.29, 0.717) is 28.3 Å². The molecule has 4 aromatic rings. The number of thiophene rings is 1. The standard InChI is InChI=1S/C26H26N4O4S/c1-17-18(2)35-25-24(17)26(32)30(16-27-25)15-23(31)29-28-14-20-9-10-21(22(13-20)33-3)34-12-11-19-7-5-4-6-8-19/h4-10,13-14,16H,11-12,15H2,1-3H3,(H,29,31). The van der Waals surface area contributed by atoms with E-state index in [4.69, 9.17) is 9.47 Å². The summed E-state index contributed by atoms with van der Waals surface area (Å²) in [6.07, 6.45) is 3.69. The number of nitrogens with zero attached hydrogens (tertiary/aromatic N) is 3. The lowest BCUT2D eigenvalue weighted by atomic mass is 10.2. The van der Waals surface area contributed by atoms with Crippen molar-refractivity contribution in [3.8, 4) is 11.5 Å². The molecule has 0 fully saturated rings. The van der Waals surface area contributed by atoms with Crippen molar-refractivity contribution in [3.63, 3.8) is 0 Å². The molecule has 9 heteroatoms. The average molecular weight is 491 g/mol. The third-order valence-electron chi connectivity index (χ3n) is 5.55. The van der Waals surface area contributed by atoms with Crippen molar-refractivity contribution in [1.29, 1.82) is 0 Å². The number of nitrogens with one attached hydrogen (secondary N) is 1. The topological polar surface area (TPSA) is 94.8 Å². The molecular formula is C26H26N4O4S. The fourth-order valence-electron chi connectivity index (χ4n) is 3.56. The molecule has 0 spiro atoms. The molecule has 0 aliphatic rings. The molecule has 0 aliphatic carbocycles. The Labute approximate surface area is 206 Å². The summed E-state index contributed by atoms with van der Waals surface area (Å²) in [5.74, 6) is 0.772. The largest absolute Gasteiger partial charge is 0.493 e. The van der Waals surface area contributed by atoms with Crippen LogP contribution in [0.5, 0.6) is 11.5 Å². The van der Waals surface area contributed by atoms with Crippen LogP contribution in [0.1, 0.15) is 21.6 Å². The van der Waals surface area contributed by atoms with Crippen LogP contribution in [0, 0.1) is 13.8 Å². The zero-order valence-electron chi connectivity index (χ0n) is 19.8. The maximum atomic E-state index is 12.7. The maximum Gasteiger partial charge on any atom is 0.262 e. The van der Waals surface area contributed by atoms with E-state index in [1.807, 2.05) is 38.1 Å². The molecule has 2 aromatic carbocycles. The number of aryl methyl sites for hydroxylation is 2. The smallest absolute Gasteiger partial charge is 0.262 e. The van der Waals surface area contributed by atoms with Crippen LogP contribution in [0.15, 0.2) is 64.8 Å². The number of carbonyl (C=O) groups is 1. The van der Waals surface area contributed by atoms with Gasteiger partial charge in [-0.2, -0.15) is 5.10 Å². The van der Waals surface area contributed by atoms with Gasteiger partial charge in [-0.25, -0.2) is 10.4 Å². The molecule has 0 radical (unpaired) electrons. The van der Waals surface area contributed by atoms with E-state index in [-0.39, 0.29) is 12.1 Å². The van der Waals surface area contributed by atoms with Crippen molar-refractivity contribution in [2.75, 3.05) is 13.7 Å². The summed E-state index contributed by atoms with van der Waals surface area (Å²) in [6.45, 7) is 4.18. The van der Waals surface area contributed by atoms with Gasteiger partial charge in [0.2, 0.25) is 0 Å². The molecular weight excluding hydrogens is 464 g/mol. The van der Waals surface area contributed by atoms with Crippen LogP contribution in [0.25, 0.3) is 10.2 Å². The third-order valence-corrected chi connectivity index (χ3v) is 6.67. The molecule has 0 saturated carbocycles. The minimum atomic E-state index is -0.429. The molecule has 2 aromatic heterocycles. The van der Waals surface area contributed by atoms with E-state index in [9.17, 15) is 9.59 Å². The van der Waals surface area contributed by atoms with E-state index >= 15 is 0 Å². The van der Waals surface area contributed by atoms with Gasteiger partial charge in [-0.05, 0) is 48.7 Å². The molecule has 4 rings (SSSR count). The summed E-state index contributed by atoms with van der Waals surface area (Å²) in [7, 11) is 1.57. The molecule has 35 heavy (non-hydrogen) atoms. The van der Waals surface area contributed by atoms with Crippen LogP contribution < -0.4 is 20.5 Å². The Morgan fingerprint density at radius 2 is 1.97 bits per heavy atom. The molecule has 0 saturated heterocycles. The number of rotatable bonds is 9. The summed E-state index contributed by atoms with van der Waals surface area (Å²) < 4.78 is 12.6. The Balaban J connectivity index is 1.35. The summed E-state index contributed by atoms with van der Waals surface area (Å²) in [5.41, 5.74) is 5.04. The number of fused-ring (bicyclic) bond motifs is 1. The van der Waals surface area contributed by atoms with Gasteiger partial charge < -0.3 is 9.47 Å². The van der Waals surface area contributed by atoms with Gasteiger partial charge in [0.05, 0.1) is 31.6 Å². The van der Waals surface area contributed by atoms with Crippen molar-refractivity contribution in [1.82, 2.24) is 15.0 Å². The predicted molar refractivity (Wildman–Crippen MR) is 138 cm³/mol. The van der Waals surface area contributed by atoms with E-state index in [1.165, 1.54) is 34.0 Å². The van der Waals surface area contributed by atoms with Crippen LogP contribution in [0.4, 0.5) is 0 Å². The van der Waals surface area contributed by atoms with Crippen LogP contribution in [0.3, 0.4) is 0 Å². The van der Waals surface area contributed by atoms with Crippen molar-refractivity contribution >= 4 is 33.7 Å². The molecule has 0 aliphatic heterocycles. The Bertz CT molecular complexity index is 1430. The fourth-order valence-corrected chi connectivity index (χ4v) is 4.55. The number of methoxy groups -OCH3 is 1. The minimum Gasteiger partial charge on any atom is -0.493 e. The third kappa shape index (κ3) is 5.75.